The van der Waals surface area contributed by atoms with E-state index in [1.165, 1.54) is 0 Å². The van der Waals surface area contributed by atoms with Crippen molar-refractivity contribution >= 4 is 11.7 Å². The van der Waals surface area contributed by atoms with E-state index < -0.39 is 0 Å². The fourth-order valence-corrected chi connectivity index (χ4v) is 0.742. The highest BCUT2D eigenvalue weighted by Crippen LogP contribution is 2.01. The Hall–Kier alpha value is -2.02. The van der Waals surface area contributed by atoms with Crippen LogP contribution in [0, 0.1) is 12.3 Å². The van der Waals surface area contributed by atoms with Gasteiger partial charge in [-0.15, -0.1) is 6.42 Å². The maximum atomic E-state index is 11.0. The number of pyridine rings is 1. The minimum absolute atomic E-state index is 0.219. The highest BCUT2D eigenvalue weighted by molar-refractivity contribution is 5.89. The number of carbonyl (C=O) groups excluding carboxylic acids is 1. The van der Waals surface area contributed by atoms with Gasteiger partial charge in [-0.1, -0.05) is 5.92 Å². The zero-order valence-electron chi connectivity index (χ0n) is 6.95. The van der Waals surface area contributed by atoms with E-state index in [0.717, 1.165) is 0 Å². The second-order valence-electron chi connectivity index (χ2n) is 2.25. The lowest BCUT2D eigenvalue weighted by Gasteiger charge is -2.03. The summed E-state index contributed by atoms with van der Waals surface area (Å²) in [5, 5.41) is 5.07. The topological polar surface area (TPSA) is 54.0 Å². The summed E-state index contributed by atoms with van der Waals surface area (Å²) in [7, 11) is 0. The number of carbonyl (C=O) groups is 1. The Labute approximate surface area is 76.4 Å². The molecule has 1 heterocycles. The molecule has 0 spiro atoms. The number of hydrogen-bond donors (Lipinski definition) is 2. The highest BCUT2D eigenvalue weighted by Gasteiger charge is 1.97. The molecule has 4 nitrogen and oxygen atoms in total. The molecule has 0 aromatic carbocycles. The van der Waals surface area contributed by atoms with E-state index in [9.17, 15) is 4.79 Å². The molecule has 2 amide bonds. The largest absolute Gasteiger partial charge is 0.327 e. The number of aromatic nitrogens is 1. The summed E-state index contributed by atoms with van der Waals surface area (Å²) in [5.41, 5.74) is 0.685. The number of nitrogens with one attached hydrogen (secondary N) is 2. The molecular weight excluding hydrogens is 166 g/mol. The third kappa shape index (κ3) is 3.25. The second-order valence-corrected chi connectivity index (χ2v) is 2.25. The molecule has 0 aliphatic rings. The van der Waals surface area contributed by atoms with Crippen LogP contribution in [0.25, 0.3) is 0 Å². The number of nitrogens with zero attached hydrogens (tertiary/aromatic N) is 1. The molecular formula is C9H9N3O. The maximum absolute atomic E-state index is 11.0. The van der Waals surface area contributed by atoms with Crippen LogP contribution in [0.4, 0.5) is 10.5 Å². The van der Waals surface area contributed by atoms with Crippen molar-refractivity contribution in [2.24, 2.45) is 0 Å². The first-order valence-corrected chi connectivity index (χ1v) is 3.71. The number of terminal acetylenes is 1. The minimum Gasteiger partial charge on any atom is -0.327 e. The van der Waals surface area contributed by atoms with Crippen molar-refractivity contribution in [2.75, 3.05) is 11.9 Å². The molecule has 0 radical (unpaired) electrons. The lowest BCUT2D eigenvalue weighted by Crippen LogP contribution is -2.28. The summed E-state index contributed by atoms with van der Waals surface area (Å²) in [6, 6.07) is 3.06. The summed E-state index contributed by atoms with van der Waals surface area (Å²) >= 11 is 0. The van der Waals surface area contributed by atoms with Gasteiger partial charge in [-0.25, -0.2) is 4.79 Å². The van der Waals surface area contributed by atoms with Crippen LogP contribution in [0.2, 0.25) is 0 Å². The maximum Gasteiger partial charge on any atom is 0.319 e. The number of rotatable bonds is 2. The van der Waals surface area contributed by atoms with Crippen molar-refractivity contribution in [3.63, 3.8) is 0 Å². The number of hydrogen-bond acceptors (Lipinski definition) is 2. The lowest BCUT2D eigenvalue weighted by molar-refractivity contribution is 0.253. The van der Waals surface area contributed by atoms with Gasteiger partial charge in [-0.3, -0.25) is 4.98 Å². The Morgan fingerprint density at radius 2 is 2.23 bits per heavy atom. The van der Waals surface area contributed by atoms with Crippen LogP contribution < -0.4 is 10.6 Å². The monoisotopic (exact) mass is 175 g/mol. The summed E-state index contributed by atoms with van der Waals surface area (Å²) in [4.78, 5) is 14.8. The van der Waals surface area contributed by atoms with Gasteiger partial charge in [-0.2, -0.15) is 0 Å². The van der Waals surface area contributed by atoms with E-state index in [-0.39, 0.29) is 12.6 Å². The smallest absolute Gasteiger partial charge is 0.319 e. The third-order valence-corrected chi connectivity index (χ3v) is 1.29. The zero-order valence-corrected chi connectivity index (χ0v) is 6.95. The van der Waals surface area contributed by atoms with Gasteiger partial charge in [0, 0.05) is 18.1 Å². The second kappa shape index (κ2) is 4.78. The first-order chi connectivity index (χ1) is 6.33. The molecule has 0 bridgehead atoms. The quantitative estimate of drug-likeness (QED) is 0.654. The van der Waals surface area contributed by atoms with Gasteiger partial charge in [-0.05, 0) is 12.1 Å². The van der Waals surface area contributed by atoms with Crippen molar-refractivity contribution in [1.82, 2.24) is 10.3 Å². The number of anilines is 1. The summed E-state index contributed by atoms with van der Waals surface area (Å²) in [6.45, 7) is 0.219. The number of urea groups is 1. The highest BCUT2D eigenvalue weighted by atomic mass is 16.2. The van der Waals surface area contributed by atoms with E-state index >= 15 is 0 Å². The average molecular weight is 175 g/mol. The van der Waals surface area contributed by atoms with Crippen LogP contribution in [0.5, 0.6) is 0 Å². The zero-order chi connectivity index (χ0) is 9.52. The van der Waals surface area contributed by atoms with Crippen LogP contribution in [-0.4, -0.2) is 17.6 Å². The Balaban J connectivity index is 2.42. The third-order valence-electron chi connectivity index (χ3n) is 1.29. The van der Waals surface area contributed by atoms with Crippen LogP contribution in [0.15, 0.2) is 24.5 Å². The lowest BCUT2D eigenvalue weighted by atomic mass is 10.4. The molecule has 0 saturated carbocycles. The van der Waals surface area contributed by atoms with Gasteiger partial charge in [0.2, 0.25) is 0 Å². The van der Waals surface area contributed by atoms with Gasteiger partial charge in [0.25, 0.3) is 0 Å². The fraction of sp³-hybridized carbons (Fsp3) is 0.111. The number of amides is 2. The Bertz CT molecular complexity index is 315. The summed E-state index contributed by atoms with van der Waals surface area (Å²) in [5.74, 6) is 2.30. The predicted molar refractivity (Wildman–Crippen MR) is 50.1 cm³/mol. The van der Waals surface area contributed by atoms with Crippen LogP contribution in [-0.2, 0) is 0 Å². The molecule has 0 aliphatic carbocycles. The molecule has 0 unspecified atom stereocenters. The van der Waals surface area contributed by atoms with Crippen molar-refractivity contribution in [1.29, 1.82) is 0 Å². The van der Waals surface area contributed by atoms with E-state index in [2.05, 4.69) is 21.5 Å². The molecule has 1 rings (SSSR count). The molecule has 0 saturated heterocycles. The van der Waals surface area contributed by atoms with Gasteiger partial charge >= 0.3 is 6.03 Å². The average Bonchev–Trinajstić information content (AvgIpc) is 2.16. The molecule has 0 aliphatic heterocycles. The molecule has 66 valence electrons. The minimum atomic E-state index is -0.316. The molecule has 2 N–H and O–H groups in total. The normalized spacial score (nSPS) is 8.54. The first kappa shape index (κ1) is 9.07. The van der Waals surface area contributed by atoms with Gasteiger partial charge < -0.3 is 10.6 Å². The van der Waals surface area contributed by atoms with Gasteiger partial charge in [0.1, 0.15) is 0 Å². The predicted octanol–water partition coefficient (Wildman–Crippen LogP) is 0.836. The Kier molecular flexibility index (Phi) is 3.33. The van der Waals surface area contributed by atoms with Crippen LogP contribution >= 0.6 is 0 Å². The molecule has 0 atom stereocenters. The molecule has 0 fully saturated rings. The SMILES string of the molecule is C#CCNC(=O)Nc1ccncc1. The summed E-state index contributed by atoms with van der Waals surface area (Å²) < 4.78 is 0. The first-order valence-electron chi connectivity index (χ1n) is 3.71. The van der Waals surface area contributed by atoms with Crippen LogP contribution in [0.3, 0.4) is 0 Å². The Morgan fingerprint density at radius 3 is 2.85 bits per heavy atom. The van der Waals surface area contributed by atoms with Gasteiger partial charge in [0.05, 0.1) is 6.54 Å². The molecule has 4 heteroatoms. The van der Waals surface area contributed by atoms with Crippen LogP contribution in [0.1, 0.15) is 0 Å². The molecule has 13 heavy (non-hydrogen) atoms. The van der Waals surface area contributed by atoms with Crippen molar-refractivity contribution in [2.45, 2.75) is 0 Å². The fourth-order valence-electron chi connectivity index (χ4n) is 0.742. The summed E-state index contributed by atoms with van der Waals surface area (Å²) in [6.07, 6.45) is 8.16. The Morgan fingerprint density at radius 1 is 1.54 bits per heavy atom. The van der Waals surface area contributed by atoms with E-state index in [4.69, 9.17) is 6.42 Å². The van der Waals surface area contributed by atoms with E-state index in [1.54, 1.807) is 24.5 Å². The van der Waals surface area contributed by atoms with Gasteiger partial charge in [0.15, 0.2) is 0 Å². The van der Waals surface area contributed by atoms with E-state index in [1.807, 2.05) is 0 Å². The van der Waals surface area contributed by atoms with Crippen molar-refractivity contribution in [3.8, 4) is 12.3 Å². The molecule has 1 aromatic heterocycles. The molecule has 1 aromatic rings. The van der Waals surface area contributed by atoms with Crippen molar-refractivity contribution in [3.05, 3.63) is 24.5 Å². The standard InChI is InChI=1S/C9H9N3O/c1-2-5-11-9(13)12-8-3-6-10-7-4-8/h1,3-4,6-7H,5H2,(H2,10,11,12,13). The van der Waals surface area contributed by atoms with E-state index in [0.29, 0.717) is 5.69 Å². The van der Waals surface area contributed by atoms with Crippen molar-refractivity contribution < 1.29 is 4.79 Å².